The molecule has 14 heavy (non-hydrogen) atoms. The lowest BCUT2D eigenvalue weighted by Gasteiger charge is -2.14. The Morgan fingerprint density at radius 2 is 2.43 bits per heavy atom. The van der Waals surface area contributed by atoms with E-state index in [1.54, 1.807) is 14.0 Å². The second kappa shape index (κ2) is 4.95. The van der Waals surface area contributed by atoms with Crippen molar-refractivity contribution in [2.45, 2.75) is 31.8 Å². The van der Waals surface area contributed by atoms with Gasteiger partial charge in [-0.1, -0.05) is 0 Å². The van der Waals surface area contributed by atoms with Crippen molar-refractivity contribution in [3.8, 4) is 0 Å². The fourth-order valence-electron chi connectivity index (χ4n) is 1.34. The molecule has 0 aromatic heterocycles. The zero-order valence-electron chi connectivity index (χ0n) is 8.59. The maximum atomic E-state index is 11.3. The van der Waals surface area contributed by atoms with Crippen molar-refractivity contribution < 1.29 is 9.59 Å². The van der Waals surface area contributed by atoms with E-state index in [0.29, 0.717) is 13.0 Å². The Labute approximate surface area is 83.6 Å². The van der Waals surface area contributed by atoms with E-state index in [1.165, 1.54) is 0 Å². The predicted octanol–water partition coefficient (Wildman–Crippen LogP) is -1.01. The van der Waals surface area contributed by atoms with E-state index in [9.17, 15) is 9.59 Å². The standard InChI is InChI=1S/C9H17N3O2/c1-6(10-2)9(14)11-5-7-3-4-8(13)12-7/h6-7,10H,3-5H2,1-2H3,(H,11,14)(H,12,13). The second-order valence-corrected chi connectivity index (χ2v) is 3.56. The summed E-state index contributed by atoms with van der Waals surface area (Å²) < 4.78 is 0. The quantitative estimate of drug-likeness (QED) is 0.543. The Bertz CT molecular complexity index is 230. The maximum Gasteiger partial charge on any atom is 0.236 e. The summed E-state index contributed by atoms with van der Waals surface area (Å²) in [5.74, 6) is 0.0413. The molecule has 2 unspecified atom stereocenters. The maximum absolute atomic E-state index is 11.3. The SMILES string of the molecule is CNC(C)C(=O)NCC1CCC(=O)N1. The first-order chi connectivity index (χ1) is 6.63. The van der Waals surface area contributed by atoms with Gasteiger partial charge in [-0.2, -0.15) is 0 Å². The highest BCUT2D eigenvalue weighted by Crippen LogP contribution is 2.04. The molecule has 80 valence electrons. The van der Waals surface area contributed by atoms with Crippen LogP contribution in [0.4, 0.5) is 0 Å². The molecule has 5 heteroatoms. The molecule has 0 bridgehead atoms. The Kier molecular flexibility index (Phi) is 3.88. The molecule has 0 spiro atoms. The summed E-state index contributed by atoms with van der Waals surface area (Å²) in [7, 11) is 1.74. The first-order valence-corrected chi connectivity index (χ1v) is 4.88. The normalized spacial score (nSPS) is 23.0. The van der Waals surface area contributed by atoms with E-state index >= 15 is 0 Å². The number of hydrogen-bond acceptors (Lipinski definition) is 3. The van der Waals surface area contributed by atoms with E-state index in [0.717, 1.165) is 6.42 Å². The Morgan fingerprint density at radius 1 is 1.71 bits per heavy atom. The molecule has 0 aromatic rings. The van der Waals surface area contributed by atoms with Crippen LogP contribution in [0, 0.1) is 0 Å². The van der Waals surface area contributed by atoms with E-state index in [4.69, 9.17) is 0 Å². The third kappa shape index (κ3) is 2.99. The van der Waals surface area contributed by atoms with E-state index < -0.39 is 0 Å². The molecule has 1 fully saturated rings. The smallest absolute Gasteiger partial charge is 0.236 e. The van der Waals surface area contributed by atoms with Gasteiger partial charge in [-0.3, -0.25) is 9.59 Å². The number of likely N-dealkylation sites (N-methyl/N-ethyl adjacent to an activating group) is 1. The Morgan fingerprint density at radius 3 is 2.93 bits per heavy atom. The lowest BCUT2D eigenvalue weighted by Crippen LogP contribution is -2.45. The fraction of sp³-hybridized carbons (Fsp3) is 0.778. The average molecular weight is 199 g/mol. The zero-order chi connectivity index (χ0) is 10.6. The number of hydrogen-bond donors (Lipinski definition) is 3. The highest BCUT2D eigenvalue weighted by Gasteiger charge is 2.21. The van der Waals surface area contributed by atoms with Crippen LogP contribution in [0.3, 0.4) is 0 Å². The molecule has 2 amide bonds. The molecule has 1 saturated heterocycles. The molecule has 0 radical (unpaired) electrons. The predicted molar refractivity (Wildman–Crippen MR) is 52.7 cm³/mol. The van der Waals surface area contributed by atoms with Crippen LogP contribution >= 0.6 is 0 Å². The van der Waals surface area contributed by atoms with Crippen LogP contribution < -0.4 is 16.0 Å². The van der Waals surface area contributed by atoms with Crippen LogP contribution in [0.2, 0.25) is 0 Å². The molecule has 5 nitrogen and oxygen atoms in total. The van der Waals surface area contributed by atoms with Crippen molar-refractivity contribution >= 4 is 11.8 Å². The van der Waals surface area contributed by atoms with Crippen LogP contribution in [0.25, 0.3) is 0 Å². The summed E-state index contributed by atoms with van der Waals surface area (Å²) in [6.07, 6.45) is 1.38. The topological polar surface area (TPSA) is 70.2 Å². The van der Waals surface area contributed by atoms with Gasteiger partial charge in [0, 0.05) is 19.0 Å². The highest BCUT2D eigenvalue weighted by atomic mass is 16.2. The molecule has 1 aliphatic heterocycles. The number of carbonyl (C=O) groups excluding carboxylic acids is 2. The van der Waals surface area contributed by atoms with Crippen molar-refractivity contribution in [2.24, 2.45) is 0 Å². The lowest BCUT2D eigenvalue weighted by atomic mass is 10.2. The summed E-state index contributed by atoms with van der Waals surface area (Å²) in [6.45, 7) is 2.32. The minimum atomic E-state index is -0.188. The van der Waals surface area contributed by atoms with Gasteiger partial charge in [0.05, 0.1) is 6.04 Å². The van der Waals surface area contributed by atoms with Crippen LogP contribution in [-0.4, -0.2) is 37.5 Å². The molecule has 1 aliphatic rings. The summed E-state index contributed by atoms with van der Waals surface area (Å²) in [6, 6.07) is -0.0809. The number of rotatable bonds is 4. The molecule has 0 aromatic carbocycles. The third-order valence-corrected chi connectivity index (χ3v) is 2.43. The average Bonchev–Trinajstić information content (AvgIpc) is 2.59. The fourth-order valence-corrected chi connectivity index (χ4v) is 1.34. The van der Waals surface area contributed by atoms with E-state index in [2.05, 4.69) is 16.0 Å². The summed E-state index contributed by atoms with van der Waals surface area (Å²) in [4.78, 5) is 22.2. The molecular formula is C9H17N3O2. The molecular weight excluding hydrogens is 182 g/mol. The number of amides is 2. The minimum Gasteiger partial charge on any atom is -0.353 e. The van der Waals surface area contributed by atoms with Crippen molar-refractivity contribution in [2.75, 3.05) is 13.6 Å². The molecule has 2 atom stereocenters. The van der Waals surface area contributed by atoms with Gasteiger partial charge in [-0.15, -0.1) is 0 Å². The van der Waals surface area contributed by atoms with Gasteiger partial charge in [0.1, 0.15) is 0 Å². The van der Waals surface area contributed by atoms with Gasteiger partial charge in [-0.05, 0) is 20.4 Å². The van der Waals surface area contributed by atoms with Gasteiger partial charge in [0.2, 0.25) is 11.8 Å². The number of nitrogens with one attached hydrogen (secondary N) is 3. The van der Waals surface area contributed by atoms with Crippen molar-refractivity contribution in [1.29, 1.82) is 0 Å². The van der Waals surface area contributed by atoms with Gasteiger partial charge >= 0.3 is 0 Å². The molecule has 0 saturated carbocycles. The first-order valence-electron chi connectivity index (χ1n) is 4.88. The largest absolute Gasteiger partial charge is 0.353 e. The van der Waals surface area contributed by atoms with Crippen molar-refractivity contribution in [3.63, 3.8) is 0 Å². The second-order valence-electron chi connectivity index (χ2n) is 3.56. The molecule has 1 heterocycles. The first kappa shape index (κ1) is 11.0. The molecule has 1 rings (SSSR count). The lowest BCUT2D eigenvalue weighted by molar-refractivity contribution is -0.123. The van der Waals surface area contributed by atoms with Gasteiger partial charge in [0.15, 0.2) is 0 Å². The Balaban J connectivity index is 2.20. The number of carbonyl (C=O) groups is 2. The van der Waals surface area contributed by atoms with Gasteiger partial charge < -0.3 is 16.0 Å². The van der Waals surface area contributed by atoms with Crippen LogP contribution in [0.15, 0.2) is 0 Å². The van der Waals surface area contributed by atoms with Crippen LogP contribution in [0.1, 0.15) is 19.8 Å². The summed E-state index contributed by atoms with van der Waals surface area (Å²) in [5, 5.41) is 8.42. The minimum absolute atomic E-state index is 0.0337. The summed E-state index contributed by atoms with van der Waals surface area (Å²) >= 11 is 0. The highest BCUT2D eigenvalue weighted by molar-refractivity contribution is 5.82. The Hall–Kier alpha value is -1.10. The summed E-state index contributed by atoms with van der Waals surface area (Å²) in [5.41, 5.74) is 0. The van der Waals surface area contributed by atoms with Crippen LogP contribution in [0.5, 0.6) is 0 Å². The van der Waals surface area contributed by atoms with Gasteiger partial charge in [0.25, 0.3) is 0 Å². The van der Waals surface area contributed by atoms with Gasteiger partial charge in [-0.25, -0.2) is 0 Å². The molecule has 0 aliphatic carbocycles. The van der Waals surface area contributed by atoms with E-state index in [-0.39, 0.29) is 23.9 Å². The monoisotopic (exact) mass is 199 g/mol. The van der Waals surface area contributed by atoms with Crippen LogP contribution in [-0.2, 0) is 9.59 Å². The van der Waals surface area contributed by atoms with Crippen molar-refractivity contribution in [3.05, 3.63) is 0 Å². The third-order valence-electron chi connectivity index (χ3n) is 2.43. The van der Waals surface area contributed by atoms with Crippen molar-refractivity contribution in [1.82, 2.24) is 16.0 Å². The molecule has 3 N–H and O–H groups in total. The van der Waals surface area contributed by atoms with E-state index in [1.807, 2.05) is 0 Å². The zero-order valence-corrected chi connectivity index (χ0v) is 8.59.